The molecule has 2 fully saturated rings. The lowest BCUT2D eigenvalue weighted by Gasteiger charge is -2.35. The van der Waals surface area contributed by atoms with Gasteiger partial charge < -0.3 is 20.0 Å². The first kappa shape index (κ1) is 14.1. The van der Waals surface area contributed by atoms with Crippen molar-refractivity contribution in [3.63, 3.8) is 0 Å². The maximum Gasteiger partial charge on any atom is 0.320 e. The van der Waals surface area contributed by atoms with Gasteiger partial charge in [0.1, 0.15) is 0 Å². The molecule has 0 spiro atoms. The van der Waals surface area contributed by atoms with E-state index in [1.165, 1.54) is 0 Å². The van der Waals surface area contributed by atoms with E-state index in [1.54, 1.807) is 9.80 Å². The number of aliphatic carboxylic acids is 1. The van der Waals surface area contributed by atoms with Gasteiger partial charge in [-0.1, -0.05) is 0 Å². The summed E-state index contributed by atoms with van der Waals surface area (Å²) in [6, 6.07) is -0.180. The molecule has 0 saturated carbocycles. The lowest BCUT2D eigenvalue weighted by Crippen LogP contribution is -2.49. The smallest absolute Gasteiger partial charge is 0.320 e. The van der Waals surface area contributed by atoms with Crippen LogP contribution in [0.15, 0.2) is 0 Å². The van der Waals surface area contributed by atoms with Crippen molar-refractivity contribution < 1.29 is 19.8 Å². The van der Waals surface area contributed by atoms with Crippen LogP contribution in [0.2, 0.25) is 0 Å². The number of carboxylic acid groups (broad SMARTS) is 1. The quantitative estimate of drug-likeness (QED) is 0.793. The molecular formula is C13H22N2O4. The number of aliphatic hydroxyl groups is 1. The van der Waals surface area contributed by atoms with E-state index in [0.717, 1.165) is 25.7 Å². The largest absolute Gasteiger partial charge is 0.481 e. The summed E-state index contributed by atoms with van der Waals surface area (Å²) in [5, 5.41) is 18.0. The number of carbonyl (C=O) groups excluding carboxylic acids is 1. The SMILES string of the molecule is O=C(O)CC1CCCN1C(=O)N1CCC(CO)CC1. The van der Waals surface area contributed by atoms with Crippen LogP contribution in [0.1, 0.15) is 32.1 Å². The van der Waals surface area contributed by atoms with Crippen LogP contribution in [0.3, 0.4) is 0 Å². The number of nitrogens with zero attached hydrogens (tertiary/aromatic N) is 2. The first-order chi connectivity index (χ1) is 9.11. The number of amides is 2. The van der Waals surface area contributed by atoms with Crippen molar-refractivity contribution in [1.82, 2.24) is 9.80 Å². The molecule has 1 unspecified atom stereocenters. The summed E-state index contributed by atoms with van der Waals surface area (Å²) < 4.78 is 0. The zero-order valence-corrected chi connectivity index (χ0v) is 11.1. The van der Waals surface area contributed by atoms with Crippen molar-refractivity contribution in [3.05, 3.63) is 0 Å². The van der Waals surface area contributed by atoms with Gasteiger partial charge in [-0.2, -0.15) is 0 Å². The zero-order valence-electron chi connectivity index (χ0n) is 11.1. The average molecular weight is 270 g/mol. The van der Waals surface area contributed by atoms with E-state index in [-0.39, 0.29) is 25.1 Å². The van der Waals surface area contributed by atoms with E-state index in [1.807, 2.05) is 0 Å². The molecule has 1 atom stereocenters. The topological polar surface area (TPSA) is 81.1 Å². The number of carbonyl (C=O) groups is 2. The molecule has 6 heteroatoms. The van der Waals surface area contributed by atoms with Crippen molar-refractivity contribution in [2.24, 2.45) is 5.92 Å². The predicted molar refractivity (Wildman–Crippen MR) is 68.8 cm³/mol. The molecule has 6 nitrogen and oxygen atoms in total. The Balaban J connectivity index is 1.90. The van der Waals surface area contributed by atoms with Crippen LogP contribution in [0.5, 0.6) is 0 Å². The molecule has 2 aliphatic heterocycles. The highest BCUT2D eigenvalue weighted by atomic mass is 16.4. The van der Waals surface area contributed by atoms with Crippen molar-refractivity contribution >= 4 is 12.0 Å². The number of likely N-dealkylation sites (tertiary alicyclic amines) is 2. The first-order valence-electron chi connectivity index (χ1n) is 7.00. The summed E-state index contributed by atoms with van der Waals surface area (Å²) in [4.78, 5) is 26.7. The highest BCUT2D eigenvalue weighted by molar-refractivity contribution is 5.76. The summed E-state index contributed by atoms with van der Waals surface area (Å²) in [5.74, 6) is -0.541. The molecule has 2 aliphatic rings. The van der Waals surface area contributed by atoms with Crippen LogP contribution in [-0.4, -0.2) is 64.3 Å². The van der Waals surface area contributed by atoms with E-state index in [0.29, 0.717) is 25.6 Å². The maximum atomic E-state index is 12.4. The Hall–Kier alpha value is -1.30. The molecule has 0 aromatic carbocycles. The highest BCUT2D eigenvalue weighted by Gasteiger charge is 2.34. The Morgan fingerprint density at radius 2 is 1.79 bits per heavy atom. The van der Waals surface area contributed by atoms with Crippen molar-refractivity contribution in [2.45, 2.75) is 38.1 Å². The van der Waals surface area contributed by atoms with Crippen molar-refractivity contribution in [3.8, 4) is 0 Å². The zero-order chi connectivity index (χ0) is 13.8. The van der Waals surface area contributed by atoms with Gasteiger partial charge in [0.15, 0.2) is 0 Å². The fourth-order valence-electron chi connectivity index (χ4n) is 2.99. The minimum absolute atomic E-state index is 0.0276. The molecule has 0 aromatic rings. The standard InChI is InChI=1S/C13H22N2O4/c16-9-10-3-6-14(7-4-10)13(19)15-5-1-2-11(15)8-12(17)18/h10-11,16H,1-9H2,(H,17,18). The van der Waals surface area contributed by atoms with Gasteiger partial charge in [-0.15, -0.1) is 0 Å². The fourth-order valence-corrected chi connectivity index (χ4v) is 2.99. The van der Waals surface area contributed by atoms with Crippen LogP contribution in [0, 0.1) is 5.92 Å². The minimum Gasteiger partial charge on any atom is -0.481 e. The molecule has 0 aromatic heterocycles. The lowest BCUT2D eigenvalue weighted by atomic mass is 9.98. The Kier molecular flexibility index (Phi) is 4.63. The second kappa shape index (κ2) is 6.23. The molecule has 2 saturated heterocycles. The molecule has 2 rings (SSSR count). The molecule has 19 heavy (non-hydrogen) atoms. The third kappa shape index (κ3) is 3.37. The van der Waals surface area contributed by atoms with Crippen LogP contribution < -0.4 is 0 Å². The third-order valence-corrected chi connectivity index (χ3v) is 4.18. The van der Waals surface area contributed by atoms with Gasteiger partial charge in [0.05, 0.1) is 6.42 Å². The van der Waals surface area contributed by atoms with Gasteiger partial charge in [0.25, 0.3) is 0 Å². The van der Waals surface area contributed by atoms with E-state index >= 15 is 0 Å². The minimum atomic E-state index is -0.844. The summed E-state index contributed by atoms with van der Waals surface area (Å²) in [7, 11) is 0. The van der Waals surface area contributed by atoms with E-state index < -0.39 is 5.97 Å². The van der Waals surface area contributed by atoms with Crippen LogP contribution in [0.25, 0.3) is 0 Å². The predicted octanol–water partition coefficient (Wildman–Crippen LogP) is 0.750. The Bertz CT molecular complexity index is 340. The number of urea groups is 1. The summed E-state index contributed by atoms with van der Waals surface area (Å²) in [5.41, 5.74) is 0. The lowest BCUT2D eigenvalue weighted by molar-refractivity contribution is -0.138. The van der Waals surface area contributed by atoms with Gasteiger partial charge in [-0.05, 0) is 31.6 Å². The molecular weight excluding hydrogens is 248 g/mol. The van der Waals surface area contributed by atoms with Crippen LogP contribution >= 0.6 is 0 Å². The fraction of sp³-hybridized carbons (Fsp3) is 0.846. The van der Waals surface area contributed by atoms with Crippen molar-refractivity contribution in [2.75, 3.05) is 26.2 Å². The third-order valence-electron chi connectivity index (χ3n) is 4.18. The average Bonchev–Trinajstić information content (AvgIpc) is 2.85. The molecule has 0 bridgehead atoms. The number of piperidine rings is 1. The second-order valence-corrected chi connectivity index (χ2v) is 5.48. The Morgan fingerprint density at radius 1 is 1.11 bits per heavy atom. The number of hydrogen-bond donors (Lipinski definition) is 2. The van der Waals surface area contributed by atoms with Crippen LogP contribution in [0.4, 0.5) is 4.79 Å². The Labute approximate surface area is 113 Å². The molecule has 2 amide bonds. The van der Waals surface area contributed by atoms with Crippen molar-refractivity contribution in [1.29, 1.82) is 0 Å². The normalized spacial score (nSPS) is 24.8. The maximum absolute atomic E-state index is 12.4. The summed E-state index contributed by atoms with van der Waals surface area (Å²) >= 11 is 0. The van der Waals surface area contributed by atoms with E-state index in [9.17, 15) is 9.59 Å². The van der Waals surface area contributed by atoms with Gasteiger partial charge in [0.2, 0.25) is 0 Å². The Morgan fingerprint density at radius 3 is 2.37 bits per heavy atom. The van der Waals surface area contributed by atoms with Crippen LogP contribution in [-0.2, 0) is 4.79 Å². The molecule has 2 heterocycles. The molecule has 0 radical (unpaired) electrons. The summed E-state index contributed by atoms with van der Waals surface area (Å²) in [6.07, 6.45) is 3.38. The number of rotatable bonds is 3. The number of hydrogen-bond acceptors (Lipinski definition) is 3. The summed E-state index contributed by atoms with van der Waals surface area (Å²) in [6.45, 7) is 2.19. The van der Waals surface area contributed by atoms with Gasteiger partial charge in [-0.25, -0.2) is 4.79 Å². The van der Waals surface area contributed by atoms with Gasteiger partial charge in [-0.3, -0.25) is 4.79 Å². The van der Waals surface area contributed by atoms with Gasteiger partial charge >= 0.3 is 12.0 Å². The number of carboxylic acids is 1. The second-order valence-electron chi connectivity index (χ2n) is 5.48. The number of aliphatic hydroxyl groups excluding tert-OH is 1. The monoisotopic (exact) mass is 270 g/mol. The highest BCUT2D eigenvalue weighted by Crippen LogP contribution is 2.24. The molecule has 0 aliphatic carbocycles. The molecule has 108 valence electrons. The van der Waals surface area contributed by atoms with E-state index in [2.05, 4.69) is 0 Å². The van der Waals surface area contributed by atoms with E-state index in [4.69, 9.17) is 10.2 Å². The molecule has 2 N–H and O–H groups in total. The van der Waals surface area contributed by atoms with Gasteiger partial charge in [0, 0.05) is 32.3 Å². The first-order valence-corrected chi connectivity index (χ1v) is 7.00.